The number of para-hydroxylation sites is 1. The highest BCUT2D eigenvalue weighted by Gasteiger charge is 2.22. The predicted molar refractivity (Wildman–Crippen MR) is 135 cm³/mol. The van der Waals surface area contributed by atoms with Crippen molar-refractivity contribution >= 4 is 23.6 Å². The summed E-state index contributed by atoms with van der Waals surface area (Å²) < 4.78 is 5.52. The van der Waals surface area contributed by atoms with Gasteiger partial charge in [-0.1, -0.05) is 78.9 Å². The summed E-state index contributed by atoms with van der Waals surface area (Å²) in [6, 6.07) is 28.8. The number of benzene rings is 3. The van der Waals surface area contributed by atoms with Crippen molar-refractivity contribution in [1.29, 1.82) is 0 Å². The summed E-state index contributed by atoms with van der Waals surface area (Å²) in [5.41, 5.74) is 2.26. The first-order valence-electron chi connectivity index (χ1n) is 11.0. The first-order chi connectivity index (χ1) is 16.2. The number of hydrogen-bond donors (Lipinski definition) is 2. The van der Waals surface area contributed by atoms with E-state index in [-0.39, 0.29) is 24.3 Å². The summed E-state index contributed by atoms with van der Waals surface area (Å²) in [7, 11) is 0. The average molecular weight is 463 g/mol. The highest BCUT2D eigenvalue weighted by atomic mass is 32.2. The number of thioether (sulfide) groups is 1. The monoisotopic (exact) mass is 462 g/mol. The molecule has 172 valence electrons. The Morgan fingerprint density at radius 2 is 1.39 bits per heavy atom. The third-order valence-corrected chi connectivity index (χ3v) is 5.90. The van der Waals surface area contributed by atoms with Crippen LogP contribution in [-0.4, -0.2) is 43.0 Å². The molecule has 0 aliphatic rings. The molecule has 2 N–H and O–H groups in total. The molecule has 3 aromatic carbocycles. The van der Waals surface area contributed by atoms with Crippen LogP contribution in [0.2, 0.25) is 0 Å². The molecule has 1 atom stereocenters. The van der Waals surface area contributed by atoms with E-state index in [1.165, 1.54) is 0 Å². The van der Waals surface area contributed by atoms with Gasteiger partial charge in [0, 0.05) is 12.5 Å². The zero-order valence-electron chi connectivity index (χ0n) is 18.8. The smallest absolute Gasteiger partial charge is 0.258 e. The van der Waals surface area contributed by atoms with E-state index in [1.54, 1.807) is 23.9 Å². The number of nitrogens with one attached hydrogen (secondary N) is 2. The number of carbonyl (C=O) groups is 2. The standard InChI is InChI=1S/C27H30N2O3S/c1-33-18-17-25(29-26(30)20-32-23-15-9-4-10-16-23)27(31)28-19-24(21-11-5-2-6-12-21)22-13-7-3-8-14-22/h2-16,24-25H,17-20H2,1H3,(H,28,31)(H,29,30). The second kappa shape index (κ2) is 13.3. The number of rotatable bonds is 12. The zero-order valence-corrected chi connectivity index (χ0v) is 19.6. The molecule has 2 amide bonds. The average Bonchev–Trinajstić information content (AvgIpc) is 2.87. The van der Waals surface area contributed by atoms with E-state index in [2.05, 4.69) is 34.9 Å². The first-order valence-corrected chi connectivity index (χ1v) is 12.4. The fourth-order valence-corrected chi connectivity index (χ4v) is 4.00. The Bertz CT molecular complexity index is 945. The van der Waals surface area contributed by atoms with Crippen molar-refractivity contribution in [3.8, 4) is 5.75 Å². The minimum absolute atomic E-state index is 0.0228. The molecule has 6 heteroatoms. The number of amides is 2. The van der Waals surface area contributed by atoms with Crippen molar-refractivity contribution in [2.45, 2.75) is 18.4 Å². The Balaban J connectivity index is 1.62. The van der Waals surface area contributed by atoms with Crippen molar-refractivity contribution in [1.82, 2.24) is 10.6 Å². The lowest BCUT2D eigenvalue weighted by atomic mass is 9.91. The van der Waals surface area contributed by atoms with Crippen molar-refractivity contribution in [3.05, 3.63) is 102 Å². The Morgan fingerprint density at radius 3 is 1.94 bits per heavy atom. The highest BCUT2D eigenvalue weighted by Crippen LogP contribution is 2.23. The molecule has 0 radical (unpaired) electrons. The van der Waals surface area contributed by atoms with Crippen molar-refractivity contribution in [3.63, 3.8) is 0 Å². The Kier molecular flexibility index (Phi) is 9.86. The van der Waals surface area contributed by atoms with Crippen LogP contribution in [-0.2, 0) is 9.59 Å². The fourth-order valence-electron chi connectivity index (χ4n) is 3.53. The lowest BCUT2D eigenvalue weighted by molar-refractivity contribution is -0.130. The van der Waals surface area contributed by atoms with Gasteiger partial charge >= 0.3 is 0 Å². The molecule has 5 nitrogen and oxygen atoms in total. The molecular weight excluding hydrogens is 432 g/mol. The second-order valence-electron chi connectivity index (χ2n) is 7.62. The number of hydrogen-bond acceptors (Lipinski definition) is 4. The first kappa shape index (κ1) is 24.4. The Morgan fingerprint density at radius 1 is 0.848 bits per heavy atom. The van der Waals surface area contributed by atoms with Gasteiger partial charge in [0.05, 0.1) is 0 Å². The van der Waals surface area contributed by atoms with Gasteiger partial charge in [0.2, 0.25) is 5.91 Å². The van der Waals surface area contributed by atoms with Gasteiger partial charge in [0.25, 0.3) is 5.91 Å². The van der Waals surface area contributed by atoms with Crippen LogP contribution in [0.25, 0.3) is 0 Å². The van der Waals surface area contributed by atoms with Gasteiger partial charge in [0.1, 0.15) is 11.8 Å². The molecule has 0 aliphatic heterocycles. The summed E-state index contributed by atoms with van der Waals surface area (Å²) in [5, 5.41) is 5.90. The molecule has 0 fully saturated rings. The largest absolute Gasteiger partial charge is 0.484 e. The molecule has 0 aromatic heterocycles. The van der Waals surface area contributed by atoms with E-state index < -0.39 is 6.04 Å². The maximum absolute atomic E-state index is 13.1. The normalized spacial score (nSPS) is 11.6. The maximum Gasteiger partial charge on any atom is 0.258 e. The van der Waals surface area contributed by atoms with Crippen LogP contribution in [0.1, 0.15) is 23.5 Å². The van der Waals surface area contributed by atoms with Crippen molar-refractivity contribution < 1.29 is 14.3 Å². The highest BCUT2D eigenvalue weighted by molar-refractivity contribution is 7.98. The van der Waals surface area contributed by atoms with Crippen LogP contribution >= 0.6 is 11.8 Å². The Hall–Kier alpha value is -3.25. The van der Waals surface area contributed by atoms with Crippen LogP contribution < -0.4 is 15.4 Å². The lowest BCUT2D eigenvalue weighted by Gasteiger charge is -2.22. The van der Waals surface area contributed by atoms with E-state index in [9.17, 15) is 9.59 Å². The molecule has 0 aliphatic carbocycles. The molecule has 33 heavy (non-hydrogen) atoms. The molecule has 0 saturated heterocycles. The molecule has 0 spiro atoms. The van der Waals surface area contributed by atoms with Crippen LogP contribution in [0.3, 0.4) is 0 Å². The SMILES string of the molecule is CSCCC(NC(=O)COc1ccccc1)C(=O)NCC(c1ccccc1)c1ccccc1. The number of ether oxygens (including phenoxy) is 1. The minimum atomic E-state index is -0.614. The van der Waals surface area contributed by atoms with E-state index >= 15 is 0 Å². The lowest BCUT2D eigenvalue weighted by Crippen LogP contribution is -2.49. The molecular formula is C27H30N2O3S. The molecule has 0 saturated carbocycles. The summed E-state index contributed by atoms with van der Waals surface area (Å²) in [6.07, 6.45) is 2.53. The van der Waals surface area contributed by atoms with Gasteiger partial charge in [-0.05, 0) is 41.7 Å². The van der Waals surface area contributed by atoms with Crippen molar-refractivity contribution in [2.24, 2.45) is 0 Å². The van der Waals surface area contributed by atoms with Gasteiger partial charge in [0.15, 0.2) is 6.61 Å². The van der Waals surface area contributed by atoms with Crippen LogP contribution in [0.5, 0.6) is 5.75 Å². The predicted octanol–water partition coefficient (Wildman–Crippen LogP) is 4.25. The minimum Gasteiger partial charge on any atom is -0.484 e. The zero-order chi connectivity index (χ0) is 23.3. The van der Waals surface area contributed by atoms with Gasteiger partial charge in [-0.15, -0.1) is 0 Å². The van der Waals surface area contributed by atoms with Crippen molar-refractivity contribution in [2.75, 3.05) is 25.2 Å². The summed E-state index contributed by atoms with van der Waals surface area (Å²) in [5.74, 6) is 0.899. The topological polar surface area (TPSA) is 67.4 Å². The molecule has 0 bridgehead atoms. The molecule has 1 unspecified atom stereocenters. The molecule has 3 aromatic rings. The summed E-state index contributed by atoms with van der Waals surface area (Å²) in [6.45, 7) is 0.308. The third-order valence-electron chi connectivity index (χ3n) is 5.26. The summed E-state index contributed by atoms with van der Waals surface area (Å²) in [4.78, 5) is 25.5. The van der Waals surface area contributed by atoms with Gasteiger partial charge < -0.3 is 15.4 Å². The van der Waals surface area contributed by atoms with Gasteiger partial charge in [-0.25, -0.2) is 0 Å². The van der Waals surface area contributed by atoms with E-state index in [4.69, 9.17) is 4.74 Å². The van der Waals surface area contributed by atoms with E-state index in [0.717, 1.165) is 16.9 Å². The molecule has 3 rings (SSSR count). The van der Waals surface area contributed by atoms with Crippen LogP contribution in [0.15, 0.2) is 91.0 Å². The van der Waals surface area contributed by atoms with Gasteiger partial charge in [-0.3, -0.25) is 9.59 Å². The second-order valence-corrected chi connectivity index (χ2v) is 8.61. The van der Waals surface area contributed by atoms with Gasteiger partial charge in [-0.2, -0.15) is 11.8 Å². The van der Waals surface area contributed by atoms with Crippen LogP contribution in [0.4, 0.5) is 0 Å². The van der Waals surface area contributed by atoms with E-state index in [0.29, 0.717) is 18.7 Å². The maximum atomic E-state index is 13.1. The Labute approximate surface area is 199 Å². The van der Waals surface area contributed by atoms with Crippen LogP contribution in [0, 0.1) is 0 Å². The number of carbonyl (C=O) groups excluding carboxylic acids is 2. The van der Waals surface area contributed by atoms with E-state index in [1.807, 2.05) is 60.9 Å². The quantitative estimate of drug-likeness (QED) is 0.422. The molecule has 0 heterocycles. The fraction of sp³-hybridized carbons (Fsp3) is 0.259. The summed E-state index contributed by atoms with van der Waals surface area (Å²) >= 11 is 1.64. The third kappa shape index (κ3) is 7.99.